The summed E-state index contributed by atoms with van der Waals surface area (Å²) in [5.74, 6) is -0.641. The highest BCUT2D eigenvalue weighted by Crippen LogP contribution is 2.24. The molecule has 0 unspecified atom stereocenters. The largest absolute Gasteiger partial charge is 0.452 e. The fourth-order valence-corrected chi connectivity index (χ4v) is 3.98. The molecule has 3 heterocycles. The van der Waals surface area contributed by atoms with Gasteiger partial charge in [-0.3, -0.25) is 9.48 Å². The van der Waals surface area contributed by atoms with Crippen molar-refractivity contribution < 1.29 is 14.3 Å². The Balaban J connectivity index is 1.29. The zero-order valence-corrected chi connectivity index (χ0v) is 15.5. The van der Waals surface area contributed by atoms with Gasteiger partial charge in [-0.05, 0) is 47.2 Å². The van der Waals surface area contributed by atoms with E-state index in [0.29, 0.717) is 25.2 Å². The number of esters is 1. The molecule has 1 amide bonds. The number of hydrogen-bond acceptors (Lipinski definition) is 5. The molecule has 6 nitrogen and oxygen atoms in total. The minimum atomic E-state index is -0.484. The molecule has 27 heavy (non-hydrogen) atoms. The second kappa shape index (κ2) is 7.75. The summed E-state index contributed by atoms with van der Waals surface area (Å²) in [6.07, 6.45) is 4.47. The van der Waals surface area contributed by atoms with E-state index in [9.17, 15) is 9.59 Å². The molecular weight excluding hydrogens is 362 g/mol. The van der Waals surface area contributed by atoms with Crippen molar-refractivity contribution in [3.05, 3.63) is 75.7 Å². The summed E-state index contributed by atoms with van der Waals surface area (Å²) in [5.41, 5.74) is 2.66. The molecule has 138 valence electrons. The Morgan fingerprint density at radius 2 is 2.04 bits per heavy atom. The summed E-state index contributed by atoms with van der Waals surface area (Å²) in [7, 11) is 0. The molecule has 0 saturated heterocycles. The number of thiophene rings is 1. The summed E-state index contributed by atoms with van der Waals surface area (Å²) in [6.45, 7) is 1.68. The Morgan fingerprint density at radius 1 is 1.19 bits per heavy atom. The minimum Gasteiger partial charge on any atom is -0.452 e. The third kappa shape index (κ3) is 4.09. The zero-order valence-electron chi connectivity index (χ0n) is 14.7. The van der Waals surface area contributed by atoms with Crippen molar-refractivity contribution in [2.24, 2.45) is 0 Å². The van der Waals surface area contributed by atoms with Crippen molar-refractivity contribution in [1.82, 2.24) is 14.7 Å². The van der Waals surface area contributed by atoms with Crippen molar-refractivity contribution in [3.8, 4) is 0 Å². The third-order valence-electron chi connectivity index (χ3n) is 4.58. The lowest BCUT2D eigenvalue weighted by Crippen LogP contribution is -2.38. The Kier molecular flexibility index (Phi) is 5.02. The molecule has 0 fully saturated rings. The SMILES string of the molecule is O=C(OCC(=O)N1CCc2sccc2C1)c1ccc(Cn2cccn2)cc1. The quantitative estimate of drug-likeness (QED) is 0.638. The van der Waals surface area contributed by atoms with E-state index in [1.165, 1.54) is 10.4 Å². The Labute approximate surface area is 161 Å². The van der Waals surface area contributed by atoms with E-state index >= 15 is 0 Å². The van der Waals surface area contributed by atoms with Crippen LogP contribution in [-0.2, 0) is 29.0 Å². The molecule has 0 atom stereocenters. The summed E-state index contributed by atoms with van der Waals surface area (Å²) in [5, 5.41) is 6.21. The van der Waals surface area contributed by atoms with E-state index in [2.05, 4.69) is 16.5 Å². The highest BCUT2D eigenvalue weighted by atomic mass is 32.1. The van der Waals surface area contributed by atoms with Gasteiger partial charge in [0.15, 0.2) is 6.61 Å². The van der Waals surface area contributed by atoms with Crippen LogP contribution in [0, 0.1) is 0 Å². The Bertz CT molecular complexity index is 932. The molecule has 0 aliphatic carbocycles. The van der Waals surface area contributed by atoms with Crippen LogP contribution in [0.5, 0.6) is 0 Å². The van der Waals surface area contributed by atoms with Crippen molar-refractivity contribution in [1.29, 1.82) is 0 Å². The summed E-state index contributed by atoms with van der Waals surface area (Å²) >= 11 is 1.73. The van der Waals surface area contributed by atoms with Crippen molar-refractivity contribution in [2.45, 2.75) is 19.5 Å². The number of amides is 1. The van der Waals surface area contributed by atoms with Crippen molar-refractivity contribution in [2.75, 3.05) is 13.2 Å². The maximum absolute atomic E-state index is 12.3. The molecule has 0 bridgehead atoms. The average molecular weight is 381 g/mol. The monoisotopic (exact) mass is 381 g/mol. The standard InChI is InChI=1S/C20H19N3O3S/c24-19(22-10-6-18-17(13-22)7-11-27-18)14-26-20(25)16-4-2-15(3-5-16)12-23-9-1-8-21-23/h1-5,7-9,11H,6,10,12-14H2. The van der Waals surface area contributed by atoms with Gasteiger partial charge in [-0.15, -0.1) is 11.3 Å². The molecule has 0 saturated carbocycles. The van der Waals surface area contributed by atoms with Crippen molar-refractivity contribution >= 4 is 23.2 Å². The van der Waals surface area contributed by atoms with Crippen LogP contribution in [0.4, 0.5) is 0 Å². The first-order chi connectivity index (χ1) is 13.2. The highest BCUT2D eigenvalue weighted by Gasteiger charge is 2.22. The molecule has 1 aliphatic heterocycles. The van der Waals surface area contributed by atoms with Crippen LogP contribution in [0.25, 0.3) is 0 Å². The molecular formula is C20H19N3O3S. The van der Waals surface area contributed by atoms with Crippen LogP contribution in [-0.4, -0.2) is 39.7 Å². The Hall–Kier alpha value is -2.93. The van der Waals surface area contributed by atoms with Crippen molar-refractivity contribution in [3.63, 3.8) is 0 Å². The van der Waals surface area contributed by atoms with Gasteiger partial charge in [-0.25, -0.2) is 4.79 Å². The first kappa shape index (κ1) is 17.5. The number of aromatic nitrogens is 2. The number of ether oxygens (including phenoxy) is 1. The van der Waals surface area contributed by atoms with Gasteiger partial charge >= 0.3 is 5.97 Å². The van der Waals surface area contributed by atoms with Crippen LogP contribution in [0.1, 0.15) is 26.4 Å². The number of carbonyl (C=O) groups excluding carboxylic acids is 2. The normalized spacial score (nSPS) is 13.3. The first-order valence-electron chi connectivity index (χ1n) is 8.75. The van der Waals surface area contributed by atoms with Gasteiger partial charge < -0.3 is 9.64 Å². The van der Waals surface area contributed by atoms with E-state index in [0.717, 1.165) is 12.0 Å². The maximum Gasteiger partial charge on any atom is 0.338 e. The number of hydrogen-bond donors (Lipinski definition) is 0. The highest BCUT2D eigenvalue weighted by molar-refractivity contribution is 7.10. The van der Waals surface area contributed by atoms with Crippen LogP contribution in [0.3, 0.4) is 0 Å². The van der Waals surface area contributed by atoms with E-state index < -0.39 is 5.97 Å². The molecule has 0 spiro atoms. The van der Waals surface area contributed by atoms with Gasteiger partial charge in [-0.1, -0.05) is 12.1 Å². The Morgan fingerprint density at radius 3 is 2.81 bits per heavy atom. The first-order valence-corrected chi connectivity index (χ1v) is 9.63. The molecule has 7 heteroatoms. The second-order valence-corrected chi connectivity index (χ2v) is 7.41. The lowest BCUT2D eigenvalue weighted by Gasteiger charge is -2.26. The minimum absolute atomic E-state index is 0.157. The zero-order chi connectivity index (χ0) is 18.6. The molecule has 4 rings (SSSR count). The van der Waals surface area contributed by atoms with Gasteiger partial charge in [0, 0.05) is 30.4 Å². The topological polar surface area (TPSA) is 64.4 Å². The lowest BCUT2D eigenvalue weighted by molar-refractivity contribution is -0.135. The van der Waals surface area contributed by atoms with Gasteiger partial charge in [0.05, 0.1) is 12.1 Å². The fourth-order valence-electron chi connectivity index (χ4n) is 3.09. The summed E-state index contributed by atoms with van der Waals surface area (Å²) in [4.78, 5) is 27.6. The van der Waals surface area contributed by atoms with Gasteiger partial charge in [0.2, 0.25) is 0 Å². The van der Waals surface area contributed by atoms with Crippen LogP contribution >= 0.6 is 11.3 Å². The number of nitrogens with zero attached hydrogens (tertiary/aromatic N) is 3. The van der Waals surface area contributed by atoms with E-state index in [1.807, 2.05) is 29.1 Å². The maximum atomic E-state index is 12.3. The molecule has 3 aromatic rings. The average Bonchev–Trinajstić information content (AvgIpc) is 3.37. The van der Waals surface area contributed by atoms with Crippen LogP contribution in [0.15, 0.2) is 54.2 Å². The van der Waals surface area contributed by atoms with Gasteiger partial charge in [-0.2, -0.15) is 5.10 Å². The number of fused-ring (bicyclic) bond motifs is 1. The predicted molar refractivity (Wildman–Crippen MR) is 101 cm³/mol. The molecule has 1 aliphatic rings. The summed E-state index contributed by atoms with van der Waals surface area (Å²) < 4.78 is 7.02. The van der Waals surface area contributed by atoms with Gasteiger partial charge in [0.25, 0.3) is 5.91 Å². The van der Waals surface area contributed by atoms with Gasteiger partial charge in [0.1, 0.15) is 0 Å². The van der Waals surface area contributed by atoms with Crippen LogP contribution in [0.2, 0.25) is 0 Å². The summed E-state index contributed by atoms with van der Waals surface area (Å²) in [6, 6.07) is 11.1. The third-order valence-corrected chi connectivity index (χ3v) is 5.60. The molecule has 0 radical (unpaired) electrons. The van der Waals surface area contributed by atoms with E-state index in [-0.39, 0.29) is 12.5 Å². The smallest absolute Gasteiger partial charge is 0.338 e. The van der Waals surface area contributed by atoms with Crippen LogP contribution < -0.4 is 0 Å². The number of carbonyl (C=O) groups is 2. The van der Waals surface area contributed by atoms with E-state index in [4.69, 9.17) is 4.74 Å². The molecule has 0 N–H and O–H groups in total. The lowest BCUT2D eigenvalue weighted by atomic mass is 10.1. The molecule has 2 aromatic heterocycles. The predicted octanol–water partition coefficient (Wildman–Crippen LogP) is 2.73. The molecule has 1 aromatic carbocycles. The number of benzene rings is 1. The van der Waals surface area contributed by atoms with E-state index in [1.54, 1.807) is 34.6 Å². The fraction of sp³-hybridized carbons (Fsp3) is 0.250. The number of rotatable bonds is 5. The second-order valence-electron chi connectivity index (χ2n) is 6.41.